The zero-order valence-electron chi connectivity index (χ0n) is 15.4. The molecule has 5 heteroatoms. The maximum absolute atomic E-state index is 11.7. The van der Waals surface area contributed by atoms with E-state index in [0.29, 0.717) is 17.9 Å². The van der Waals surface area contributed by atoms with Crippen molar-refractivity contribution in [1.29, 1.82) is 0 Å². The molecule has 1 N–H and O–H groups in total. The van der Waals surface area contributed by atoms with Crippen molar-refractivity contribution in [2.24, 2.45) is 0 Å². The van der Waals surface area contributed by atoms with Gasteiger partial charge in [0.05, 0.1) is 16.4 Å². The maximum atomic E-state index is 11.7. The van der Waals surface area contributed by atoms with Crippen LogP contribution in [0.15, 0.2) is 60.7 Å². The normalized spacial score (nSPS) is 11.0. The van der Waals surface area contributed by atoms with Gasteiger partial charge in [0.15, 0.2) is 12.9 Å². The second-order valence-corrected chi connectivity index (χ2v) is 6.77. The Morgan fingerprint density at radius 2 is 1.82 bits per heavy atom. The summed E-state index contributed by atoms with van der Waals surface area (Å²) in [5.74, 6) is -0.568. The van der Waals surface area contributed by atoms with Gasteiger partial charge < -0.3 is 14.4 Å². The highest BCUT2D eigenvalue weighted by Gasteiger charge is 2.19. The number of aldehydes is 1. The largest absolute Gasteiger partial charge is 0.481 e. The van der Waals surface area contributed by atoms with Crippen LogP contribution in [0.2, 0.25) is 0 Å². The van der Waals surface area contributed by atoms with Crippen molar-refractivity contribution >= 4 is 34.1 Å². The maximum Gasteiger partial charge on any atom is 0.341 e. The van der Waals surface area contributed by atoms with Crippen molar-refractivity contribution in [3.05, 3.63) is 77.4 Å². The van der Waals surface area contributed by atoms with Crippen molar-refractivity contribution in [1.82, 2.24) is 4.57 Å². The number of carbonyl (C=O) groups is 2. The summed E-state index contributed by atoms with van der Waals surface area (Å²) in [5, 5.41) is 10.6. The van der Waals surface area contributed by atoms with E-state index >= 15 is 0 Å². The Morgan fingerprint density at radius 1 is 1.04 bits per heavy atom. The molecule has 3 aromatic carbocycles. The second kappa shape index (κ2) is 7.19. The Hall–Kier alpha value is -3.60. The summed E-state index contributed by atoms with van der Waals surface area (Å²) in [6.45, 7) is 2.14. The minimum Gasteiger partial charge on any atom is -0.481 e. The molecule has 1 heterocycles. The molecule has 0 saturated heterocycles. The number of aryl methyl sites for hydroxylation is 1. The van der Waals surface area contributed by atoms with E-state index in [4.69, 9.17) is 9.84 Å². The minimum absolute atomic E-state index is 0.437. The summed E-state index contributed by atoms with van der Waals surface area (Å²) in [6, 6.07) is 19.5. The summed E-state index contributed by atoms with van der Waals surface area (Å²) in [7, 11) is 0. The van der Waals surface area contributed by atoms with Gasteiger partial charge in [0.2, 0.25) is 0 Å². The number of ether oxygens (including phenoxy) is 1. The van der Waals surface area contributed by atoms with Crippen LogP contribution in [0.25, 0.3) is 21.8 Å². The van der Waals surface area contributed by atoms with Crippen LogP contribution >= 0.6 is 0 Å². The molecule has 140 valence electrons. The standard InChI is InChI=1S/C23H19NO4/c1-15-10-19-23(20(11-15)28-14-21(26)27)22-17(13-25)8-5-9-18(22)24(19)12-16-6-3-2-4-7-16/h2-11,13H,12,14H2,1H3,(H,26,27). The van der Waals surface area contributed by atoms with Gasteiger partial charge in [-0.3, -0.25) is 4.79 Å². The molecule has 0 aliphatic heterocycles. The Morgan fingerprint density at radius 3 is 2.54 bits per heavy atom. The molecule has 0 aliphatic rings. The van der Waals surface area contributed by atoms with E-state index in [2.05, 4.69) is 16.7 Å². The average Bonchev–Trinajstić information content (AvgIpc) is 3.00. The molecule has 28 heavy (non-hydrogen) atoms. The molecular formula is C23H19NO4. The lowest BCUT2D eigenvalue weighted by molar-refractivity contribution is -0.139. The lowest BCUT2D eigenvalue weighted by Crippen LogP contribution is -2.09. The van der Waals surface area contributed by atoms with E-state index in [-0.39, 0.29) is 0 Å². The number of aromatic nitrogens is 1. The van der Waals surface area contributed by atoms with E-state index in [1.54, 1.807) is 6.07 Å². The van der Waals surface area contributed by atoms with Crippen LogP contribution in [0.3, 0.4) is 0 Å². The zero-order chi connectivity index (χ0) is 19.7. The van der Waals surface area contributed by atoms with Crippen molar-refractivity contribution in [3.8, 4) is 5.75 Å². The quantitative estimate of drug-likeness (QED) is 0.508. The predicted octanol–water partition coefficient (Wildman–Crippen LogP) is 4.43. The van der Waals surface area contributed by atoms with E-state index in [1.807, 2.05) is 49.4 Å². The molecule has 1 aromatic heterocycles. The van der Waals surface area contributed by atoms with Crippen molar-refractivity contribution in [2.75, 3.05) is 6.61 Å². The molecule has 0 saturated carbocycles. The van der Waals surface area contributed by atoms with Crippen molar-refractivity contribution < 1.29 is 19.4 Å². The molecule has 0 spiro atoms. The van der Waals surface area contributed by atoms with Gasteiger partial charge in [0.1, 0.15) is 5.75 Å². The third kappa shape index (κ3) is 3.11. The molecule has 5 nitrogen and oxygen atoms in total. The van der Waals surface area contributed by atoms with Gasteiger partial charge in [-0.05, 0) is 36.2 Å². The minimum atomic E-state index is -1.04. The first-order chi connectivity index (χ1) is 13.6. The first kappa shape index (κ1) is 17.8. The van der Waals surface area contributed by atoms with Gasteiger partial charge in [-0.1, -0.05) is 42.5 Å². The molecule has 4 rings (SSSR count). The summed E-state index contributed by atoms with van der Waals surface area (Å²) in [5.41, 5.74) is 4.46. The molecular weight excluding hydrogens is 354 g/mol. The number of hydrogen-bond donors (Lipinski definition) is 1. The van der Waals surface area contributed by atoms with Gasteiger partial charge in [0, 0.05) is 17.5 Å². The lowest BCUT2D eigenvalue weighted by Gasteiger charge is -2.10. The van der Waals surface area contributed by atoms with Crippen LogP contribution in [0.4, 0.5) is 0 Å². The van der Waals surface area contributed by atoms with Gasteiger partial charge in [-0.25, -0.2) is 4.79 Å². The SMILES string of the molecule is Cc1cc(OCC(=O)O)c2c3c(C=O)cccc3n(Cc3ccccc3)c2c1. The number of carboxylic acids is 1. The second-order valence-electron chi connectivity index (χ2n) is 6.77. The summed E-state index contributed by atoms with van der Waals surface area (Å²) in [6.07, 6.45) is 0.829. The molecule has 0 fully saturated rings. The van der Waals surface area contributed by atoms with Crippen LogP contribution in [0.5, 0.6) is 5.75 Å². The Balaban J connectivity index is 2.04. The summed E-state index contributed by atoms with van der Waals surface area (Å²) in [4.78, 5) is 22.8. The number of benzene rings is 3. The number of aliphatic carboxylic acids is 1. The number of hydrogen-bond acceptors (Lipinski definition) is 3. The van der Waals surface area contributed by atoms with E-state index < -0.39 is 12.6 Å². The van der Waals surface area contributed by atoms with Crippen LogP contribution < -0.4 is 4.74 Å². The third-order valence-electron chi connectivity index (χ3n) is 4.79. The van der Waals surface area contributed by atoms with E-state index in [0.717, 1.165) is 39.2 Å². The number of fused-ring (bicyclic) bond motifs is 3. The first-order valence-corrected chi connectivity index (χ1v) is 8.97. The number of rotatable bonds is 6. The van der Waals surface area contributed by atoms with Gasteiger partial charge in [0.25, 0.3) is 0 Å². The summed E-state index contributed by atoms with van der Waals surface area (Å²) < 4.78 is 7.75. The van der Waals surface area contributed by atoms with Crippen molar-refractivity contribution in [2.45, 2.75) is 13.5 Å². The van der Waals surface area contributed by atoms with Crippen LogP contribution in [0.1, 0.15) is 21.5 Å². The molecule has 0 bridgehead atoms. The highest BCUT2D eigenvalue weighted by atomic mass is 16.5. The van der Waals surface area contributed by atoms with Crippen LogP contribution in [-0.4, -0.2) is 28.5 Å². The van der Waals surface area contributed by atoms with Crippen LogP contribution in [-0.2, 0) is 11.3 Å². The average molecular weight is 373 g/mol. The monoisotopic (exact) mass is 373 g/mol. The fourth-order valence-electron chi connectivity index (χ4n) is 3.67. The molecule has 0 atom stereocenters. The Bertz CT molecular complexity index is 1190. The van der Waals surface area contributed by atoms with Crippen LogP contribution in [0, 0.1) is 6.92 Å². The molecule has 0 radical (unpaired) electrons. The zero-order valence-corrected chi connectivity index (χ0v) is 15.4. The van der Waals surface area contributed by atoms with Gasteiger partial charge in [-0.15, -0.1) is 0 Å². The van der Waals surface area contributed by atoms with Gasteiger partial charge in [-0.2, -0.15) is 0 Å². The van der Waals surface area contributed by atoms with Crippen molar-refractivity contribution in [3.63, 3.8) is 0 Å². The lowest BCUT2D eigenvalue weighted by atomic mass is 10.1. The number of carbonyl (C=O) groups excluding carboxylic acids is 1. The van der Waals surface area contributed by atoms with Gasteiger partial charge >= 0.3 is 5.97 Å². The highest BCUT2D eigenvalue weighted by molar-refractivity contribution is 6.17. The molecule has 0 aliphatic carbocycles. The number of nitrogens with zero attached hydrogens (tertiary/aromatic N) is 1. The Labute approximate surface area is 161 Å². The van der Waals surface area contributed by atoms with E-state index in [9.17, 15) is 9.59 Å². The number of carboxylic acid groups (broad SMARTS) is 1. The molecule has 0 amide bonds. The topological polar surface area (TPSA) is 68.5 Å². The summed E-state index contributed by atoms with van der Waals surface area (Å²) >= 11 is 0. The Kier molecular flexibility index (Phi) is 4.57. The molecule has 4 aromatic rings. The molecule has 0 unspecified atom stereocenters. The predicted molar refractivity (Wildman–Crippen MR) is 108 cm³/mol. The fourth-order valence-corrected chi connectivity index (χ4v) is 3.67. The highest BCUT2D eigenvalue weighted by Crippen LogP contribution is 2.38. The third-order valence-corrected chi connectivity index (χ3v) is 4.79. The first-order valence-electron chi connectivity index (χ1n) is 8.97. The van der Waals surface area contributed by atoms with E-state index in [1.165, 1.54) is 0 Å². The fraction of sp³-hybridized carbons (Fsp3) is 0.130. The smallest absolute Gasteiger partial charge is 0.341 e.